The summed E-state index contributed by atoms with van der Waals surface area (Å²) >= 11 is -0.0138. The Balaban J connectivity index is 2.58. The van der Waals surface area contributed by atoms with E-state index in [1.807, 2.05) is 30.3 Å². The fraction of sp³-hybridized carbons (Fsp3) is 0.222. The minimum atomic E-state index is -0.959. The SMILES string of the molecule is CC([Se]c1ccccc1)C(=O)[O-]. The van der Waals surface area contributed by atoms with Crippen molar-refractivity contribution in [1.29, 1.82) is 0 Å². The van der Waals surface area contributed by atoms with E-state index in [1.54, 1.807) is 6.92 Å². The molecule has 12 heavy (non-hydrogen) atoms. The quantitative estimate of drug-likeness (QED) is 0.659. The van der Waals surface area contributed by atoms with Crippen LogP contribution in [0.1, 0.15) is 6.92 Å². The molecule has 1 atom stereocenters. The molecule has 0 fully saturated rings. The summed E-state index contributed by atoms with van der Waals surface area (Å²) in [6.45, 7) is 1.68. The van der Waals surface area contributed by atoms with Gasteiger partial charge in [-0.1, -0.05) is 0 Å². The second-order valence-electron chi connectivity index (χ2n) is 2.39. The summed E-state index contributed by atoms with van der Waals surface area (Å²) in [6.07, 6.45) is 0. The van der Waals surface area contributed by atoms with Crippen molar-refractivity contribution < 1.29 is 9.90 Å². The second-order valence-corrected chi connectivity index (χ2v) is 5.36. The summed E-state index contributed by atoms with van der Waals surface area (Å²) in [5, 5.41) is 10.4. The first-order valence-corrected chi connectivity index (χ1v) is 5.47. The zero-order valence-corrected chi connectivity index (χ0v) is 8.40. The van der Waals surface area contributed by atoms with E-state index >= 15 is 0 Å². The zero-order valence-electron chi connectivity index (χ0n) is 6.69. The van der Waals surface area contributed by atoms with Gasteiger partial charge in [-0.05, 0) is 0 Å². The molecule has 0 aromatic heterocycles. The summed E-state index contributed by atoms with van der Waals surface area (Å²) < 4.78 is 1.10. The van der Waals surface area contributed by atoms with Gasteiger partial charge in [0, 0.05) is 0 Å². The van der Waals surface area contributed by atoms with E-state index in [0.717, 1.165) is 4.46 Å². The second kappa shape index (κ2) is 4.29. The first kappa shape index (κ1) is 9.30. The van der Waals surface area contributed by atoms with Gasteiger partial charge in [-0.15, -0.1) is 0 Å². The van der Waals surface area contributed by atoms with Gasteiger partial charge in [-0.2, -0.15) is 0 Å². The van der Waals surface area contributed by atoms with Gasteiger partial charge >= 0.3 is 77.4 Å². The van der Waals surface area contributed by atoms with Crippen LogP contribution in [-0.4, -0.2) is 20.9 Å². The number of aliphatic carboxylic acids is 1. The number of carbonyl (C=O) groups is 1. The molecule has 1 aromatic rings. The Morgan fingerprint density at radius 1 is 1.42 bits per heavy atom. The average molecular weight is 228 g/mol. The summed E-state index contributed by atoms with van der Waals surface area (Å²) in [4.78, 5) is 10.1. The Kier molecular flexibility index (Phi) is 3.32. The fourth-order valence-electron chi connectivity index (χ4n) is 0.751. The van der Waals surface area contributed by atoms with Crippen molar-refractivity contribution in [1.82, 2.24) is 0 Å². The number of carbonyl (C=O) groups excluding carboxylic acids is 1. The standard InChI is InChI=1S/C9H10O2Se/c1-7(9(10)11)12-8-5-3-2-4-6-8/h2-7H,1H3,(H,10,11)/p-1. The molecular formula is C9H9O2Se-. The minimum absolute atomic E-state index is 0.0138. The number of benzene rings is 1. The van der Waals surface area contributed by atoms with Crippen LogP contribution in [0.25, 0.3) is 0 Å². The van der Waals surface area contributed by atoms with Crippen molar-refractivity contribution in [2.75, 3.05) is 0 Å². The van der Waals surface area contributed by atoms with Gasteiger partial charge in [0.1, 0.15) is 0 Å². The molecule has 0 N–H and O–H groups in total. The Labute approximate surface area is 77.8 Å². The molecule has 0 radical (unpaired) electrons. The molecule has 0 heterocycles. The molecule has 0 aliphatic heterocycles. The predicted octanol–water partition coefficient (Wildman–Crippen LogP) is -0.426. The maximum absolute atomic E-state index is 10.4. The van der Waals surface area contributed by atoms with E-state index in [4.69, 9.17) is 0 Å². The third-order valence-corrected chi connectivity index (χ3v) is 3.68. The van der Waals surface area contributed by atoms with Crippen LogP contribution < -0.4 is 9.57 Å². The van der Waals surface area contributed by atoms with Gasteiger partial charge < -0.3 is 0 Å². The Morgan fingerprint density at radius 3 is 2.50 bits per heavy atom. The summed E-state index contributed by atoms with van der Waals surface area (Å²) in [6, 6.07) is 9.64. The van der Waals surface area contributed by atoms with Crippen LogP contribution in [0.15, 0.2) is 30.3 Å². The molecule has 3 heteroatoms. The van der Waals surface area contributed by atoms with Crippen LogP contribution in [0.5, 0.6) is 0 Å². The molecule has 64 valence electrons. The topological polar surface area (TPSA) is 40.1 Å². The van der Waals surface area contributed by atoms with Crippen LogP contribution in [0.3, 0.4) is 0 Å². The van der Waals surface area contributed by atoms with Crippen molar-refractivity contribution in [3.63, 3.8) is 0 Å². The third-order valence-electron chi connectivity index (χ3n) is 1.39. The monoisotopic (exact) mass is 229 g/mol. The molecule has 2 nitrogen and oxygen atoms in total. The summed E-state index contributed by atoms with van der Waals surface area (Å²) in [5.74, 6) is -0.959. The van der Waals surface area contributed by atoms with Crippen LogP contribution in [0, 0.1) is 0 Å². The number of carboxylic acids is 1. The van der Waals surface area contributed by atoms with Crippen molar-refractivity contribution in [2.24, 2.45) is 0 Å². The van der Waals surface area contributed by atoms with Crippen molar-refractivity contribution in [2.45, 2.75) is 11.7 Å². The number of hydrogen-bond donors (Lipinski definition) is 0. The Bertz CT molecular complexity index is 258. The molecule has 1 unspecified atom stereocenters. The van der Waals surface area contributed by atoms with Gasteiger partial charge in [0.25, 0.3) is 0 Å². The van der Waals surface area contributed by atoms with E-state index < -0.39 is 5.97 Å². The van der Waals surface area contributed by atoms with Gasteiger partial charge in [0.2, 0.25) is 0 Å². The van der Waals surface area contributed by atoms with Crippen molar-refractivity contribution in [3.05, 3.63) is 30.3 Å². The number of carboxylic acid groups (broad SMARTS) is 1. The van der Waals surface area contributed by atoms with E-state index in [9.17, 15) is 9.90 Å². The molecule has 0 bridgehead atoms. The molecule has 0 aliphatic carbocycles. The van der Waals surface area contributed by atoms with E-state index in [0.29, 0.717) is 0 Å². The maximum atomic E-state index is 10.4. The van der Waals surface area contributed by atoms with Crippen LogP contribution >= 0.6 is 0 Å². The van der Waals surface area contributed by atoms with Crippen LogP contribution in [-0.2, 0) is 4.79 Å². The van der Waals surface area contributed by atoms with Gasteiger partial charge in [-0.3, -0.25) is 0 Å². The number of hydrogen-bond acceptors (Lipinski definition) is 2. The van der Waals surface area contributed by atoms with Crippen molar-refractivity contribution in [3.8, 4) is 0 Å². The molecule has 0 aliphatic rings. The third kappa shape index (κ3) is 2.68. The Hall–Kier alpha value is -0.791. The zero-order chi connectivity index (χ0) is 8.97. The van der Waals surface area contributed by atoms with Crippen LogP contribution in [0.4, 0.5) is 0 Å². The predicted molar refractivity (Wildman–Crippen MR) is 46.3 cm³/mol. The van der Waals surface area contributed by atoms with E-state index in [-0.39, 0.29) is 19.8 Å². The first-order valence-electron chi connectivity index (χ1n) is 3.62. The van der Waals surface area contributed by atoms with E-state index in [1.165, 1.54) is 0 Å². The Morgan fingerprint density at radius 2 is 2.00 bits per heavy atom. The molecule has 0 saturated heterocycles. The van der Waals surface area contributed by atoms with Gasteiger partial charge in [0.05, 0.1) is 0 Å². The molecule has 1 aromatic carbocycles. The first-order chi connectivity index (χ1) is 5.70. The fourth-order valence-corrected chi connectivity index (χ4v) is 2.47. The molecule has 0 amide bonds. The number of rotatable bonds is 3. The normalized spacial score (nSPS) is 12.4. The van der Waals surface area contributed by atoms with Gasteiger partial charge in [-0.25, -0.2) is 0 Å². The molecule has 0 spiro atoms. The summed E-state index contributed by atoms with van der Waals surface area (Å²) in [5.41, 5.74) is 0. The van der Waals surface area contributed by atoms with E-state index in [2.05, 4.69) is 0 Å². The van der Waals surface area contributed by atoms with Crippen molar-refractivity contribution >= 4 is 25.4 Å². The summed E-state index contributed by atoms with van der Waals surface area (Å²) in [7, 11) is 0. The van der Waals surface area contributed by atoms with Crippen LogP contribution in [0.2, 0.25) is 4.82 Å². The molecule has 0 saturated carbocycles. The van der Waals surface area contributed by atoms with Gasteiger partial charge in [0.15, 0.2) is 0 Å². The average Bonchev–Trinajstić information content (AvgIpc) is 2.06. The molecule has 1 rings (SSSR count). The molecular weight excluding hydrogens is 219 g/mol.